The molecule has 0 saturated carbocycles. The van der Waals surface area contributed by atoms with E-state index in [-0.39, 0.29) is 0 Å². The minimum absolute atomic E-state index is 0.662. The fraction of sp³-hybridized carbons (Fsp3) is 0.333. The summed E-state index contributed by atoms with van der Waals surface area (Å²) >= 11 is 0. The van der Waals surface area contributed by atoms with Crippen LogP contribution < -0.4 is 5.73 Å². The molecule has 1 aliphatic heterocycles. The maximum Gasteiger partial charge on any atom is 0.0320 e. The number of rotatable bonds is 2. The van der Waals surface area contributed by atoms with Crippen LogP contribution in [0, 0.1) is 0 Å². The standard InChI is InChI=1S/C18H22N2/c1-20-10-4-8-17(13-20)15-6-2-5-14(11-15)16-7-3-9-18(19)12-16/h2-3,5-7,9,11-12,17H,4,8,10,13,19H2,1H3. The molecule has 0 aromatic heterocycles. The molecule has 0 radical (unpaired) electrons. The lowest BCUT2D eigenvalue weighted by molar-refractivity contribution is 0.251. The number of piperidine rings is 1. The van der Waals surface area contributed by atoms with Gasteiger partial charge >= 0.3 is 0 Å². The predicted molar refractivity (Wildman–Crippen MR) is 85.8 cm³/mol. The molecule has 2 aromatic carbocycles. The largest absolute Gasteiger partial charge is 0.399 e. The number of nitrogens with two attached hydrogens (primary N) is 1. The molecule has 0 spiro atoms. The first-order valence-corrected chi connectivity index (χ1v) is 7.37. The Morgan fingerprint density at radius 1 is 1.05 bits per heavy atom. The topological polar surface area (TPSA) is 29.3 Å². The van der Waals surface area contributed by atoms with Crippen molar-refractivity contribution in [1.82, 2.24) is 4.90 Å². The molecule has 1 unspecified atom stereocenters. The highest BCUT2D eigenvalue weighted by Gasteiger charge is 2.18. The van der Waals surface area contributed by atoms with Crippen LogP contribution in [0.4, 0.5) is 5.69 Å². The average Bonchev–Trinajstić information content (AvgIpc) is 2.47. The van der Waals surface area contributed by atoms with Gasteiger partial charge in [-0.25, -0.2) is 0 Å². The van der Waals surface area contributed by atoms with E-state index in [4.69, 9.17) is 5.73 Å². The third kappa shape index (κ3) is 2.86. The Hall–Kier alpha value is -1.80. The Bertz CT molecular complexity index is 591. The lowest BCUT2D eigenvalue weighted by Crippen LogP contribution is -2.30. The van der Waals surface area contributed by atoms with Crippen LogP contribution in [-0.4, -0.2) is 25.0 Å². The molecular formula is C18H22N2. The van der Waals surface area contributed by atoms with E-state index in [0.29, 0.717) is 5.92 Å². The second-order valence-corrected chi connectivity index (χ2v) is 5.85. The Balaban J connectivity index is 1.89. The number of nitrogen functional groups attached to an aromatic ring is 1. The van der Waals surface area contributed by atoms with Crippen molar-refractivity contribution in [3.8, 4) is 11.1 Å². The highest BCUT2D eigenvalue weighted by molar-refractivity contribution is 5.68. The van der Waals surface area contributed by atoms with E-state index in [0.717, 1.165) is 5.69 Å². The molecule has 0 amide bonds. The van der Waals surface area contributed by atoms with Crippen molar-refractivity contribution in [2.75, 3.05) is 25.9 Å². The number of benzene rings is 2. The zero-order valence-electron chi connectivity index (χ0n) is 12.0. The summed E-state index contributed by atoms with van der Waals surface area (Å²) in [6, 6.07) is 17.1. The monoisotopic (exact) mass is 266 g/mol. The highest BCUT2D eigenvalue weighted by Crippen LogP contribution is 2.30. The second-order valence-electron chi connectivity index (χ2n) is 5.85. The van der Waals surface area contributed by atoms with Crippen LogP contribution in [0.3, 0.4) is 0 Å². The zero-order chi connectivity index (χ0) is 13.9. The molecule has 1 heterocycles. The van der Waals surface area contributed by atoms with Gasteiger partial charge in [0.25, 0.3) is 0 Å². The third-order valence-corrected chi connectivity index (χ3v) is 4.20. The summed E-state index contributed by atoms with van der Waals surface area (Å²) in [4.78, 5) is 2.43. The summed E-state index contributed by atoms with van der Waals surface area (Å²) < 4.78 is 0. The molecular weight excluding hydrogens is 244 g/mol. The molecule has 1 fully saturated rings. The van der Waals surface area contributed by atoms with Gasteiger partial charge in [-0.3, -0.25) is 0 Å². The summed E-state index contributed by atoms with van der Waals surface area (Å²) in [6.45, 7) is 2.39. The average molecular weight is 266 g/mol. The molecule has 1 saturated heterocycles. The summed E-state index contributed by atoms with van der Waals surface area (Å²) in [6.07, 6.45) is 2.59. The van der Waals surface area contributed by atoms with Crippen LogP contribution in [0.15, 0.2) is 48.5 Å². The van der Waals surface area contributed by atoms with Crippen molar-refractivity contribution in [3.63, 3.8) is 0 Å². The first-order chi connectivity index (χ1) is 9.72. The van der Waals surface area contributed by atoms with Crippen LogP contribution in [0.1, 0.15) is 24.3 Å². The Labute approximate surface area is 121 Å². The van der Waals surface area contributed by atoms with Gasteiger partial charge in [0.1, 0.15) is 0 Å². The van der Waals surface area contributed by atoms with Gasteiger partial charge in [-0.15, -0.1) is 0 Å². The lowest BCUT2D eigenvalue weighted by Gasteiger charge is -2.30. The third-order valence-electron chi connectivity index (χ3n) is 4.20. The number of likely N-dealkylation sites (N-methyl/N-ethyl adjacent to an activating group) is 1. The van der Waals surface area contributed by atoms with Crippen molar-refractivity contribution in [1.29, 1.82) is 0 Å². The summed E-state index contributed by atoms with van der Waals surface area (Å²) in [5, 5.41) is 0. The van der Waals surface area contributed by atoms with E-state index in [1.54, 1.807) is 0 Å². The fourth-order valence-corrected chi connectivity index (χ4v) is 3.13. The van der Waals surface area contributed by atoms with Gasteiger partial charge in [-0.05, 0) is 61.2 Å². The van der Waals surface area contributed by atoms with Gasteiger partial charge in [-0.2, -0.15) is 0 Å². The molecule has 2 nitrogen and oxygen atoms in total. The first-order valence-electron chi connectivity index (χ1n) is 7.37. The fourth-order valence-electron chi connectivity index (χ4n) is 3.13. The van der Waals surface area contributed by atoms with Gasteiger partial charge in [0, 0.05) is 12.2 Å². The Kier molecular flexibility index (Phi) is 3.75. The van der Waals surface area contributed by atoms with E-state index in [9.17, 15) is 0 Å². The van der Waals surface area contributed by atoms with E-state index in [1.807, 2.05) is 18.2 Å². The molecule has 20 heavy (non-hydrogen) atoms. The number of anilines is 1. The van der Waals surface area contributed by atoms with Gasteiger partial charge in [-0.1, -0.05) is 36.4 Å². The first kappa shape index (κ1) is 13.2. The SMILES string of the molecule is CN1CCCC(c2cccc(-c3cccc(N)c3)c2)C1. The van der Waals surface area contributed by atoms with Crippen LogP contribution >= 0.6 is 0 Å². The number of hydrogen-bond donors (Lipinski definition) is 1. The molecule has 0 aliphatic carbocycles. The predicted octanol–water partition coefficient (Wildman–Crippen LogP) is 3.75. The number of likely N-dealkylation sites (tertiary alicyclic amines) is 1. The summed E-state index contributed by atoms with van der Waals surface area (Å²) in [7, 11) is 2.22. The zero-order valence-corrected chi connectivity index (χ0v) is 12.0. The van der Waals surface area contributed by atoms with E-state index in [1.165, 1.54) is 42.6 Å². The summed E-state index contributed by atoms with van der Waals surface area (Å²) in [5.41, 5.74) is 10.6. The molecule has 104 valence electrons. The van der Waals surface area contributed by atoms with E-state index in [2.05, 4.69) is 42.3 Å². The van der Waals surface area contributed by atoms with E-state index >= 15 is 0 Å². The normalized spacial score (nSPS) is 19.9. The second kappa shape index (κ2) is 5.68. The van der Waals surface area contributed by atoms with Crippen molar-refractivity contribution in [3.05, 3.63) is 54.1 Å². The molecule has 1 aliphatic rings. The maximum absolute atomic E-state index is 5.89. The van der Waals surface area contributed by atoms with Gasteiger partial charge in [0.15, 0.2) is 0 Å². The van der Waals surface area contributed by atoms with Gasteiger partial charge < -0.3 is 10.6 Å². The molecule has 0 bridgehead atoms. The van der Waals surface area contributed by atoms with Crippen molar-refractivity contribution in [2.24, 2.45) is 0 Å². The van der Waals surface area contributed by atoms with Gasteiger partial charge in [0.05, 0.1) is 0 Å². The smallest absolute Gasteiger partial charge is 0.0320 e. The molecule has 2 heteroatoms. The van der Waals surface area contributed by atoms with Crippen LogP contribution in [0.25, 0.3) is 11.1 Å². The molecule has 2 N–H and O–H groups in total. The maximum atomic E-state index is 5.89. The lowest BCUT2D eigenvalue weighted by atomic mass is 9.89. The van der Waals surface area contributed by atoms with Crippen molar-refractivity contribution >= 4 is 5.69 Å². The molecule has 2 aromatic rings. The molecule has 1 atom stereocenters. The van der Waals surface area contributed by atoms with Crippen LogP contribution in [-0.2, 0) is 0 Å². The number of hydrogen-bond acceptors (Lipinski definition) is 2. The van der Waals surface area contributed by atoms with Crippen molar-refractivity contribution < 1.29 is 0 Å². The minimum atomic E-state index is 0.662. The van der Waals surface area contributed by atoms with Crippen molar-refractivity contribution in [2.45, 2.75) is 18.8 Å². The van der Waals surface area contributed by atoms with Crippen LogP contribution in [0.5, 0.6) is 0 Å². The minimum Gasteiger partial charge on any atom is -0.399 e. The van der Waals surface area contributed by atoms with E-state index < -0.39 is 0 Å². The quantitative estimate of drug-likeness (QED) is 0.839. The van der Waals surface area contributed by atoms with Crippen LogP contribution in [0.2, 0.25) is 0 Å². The Morgan fingerprint density at radius 3 is 2.55 bits per heavy atom. The number of nitrogens with zero attached hydrogens (tertiary/aromatic N) is 1. The molecule has 3 rings (SSSR count). The summed E-state index contributed by atoms with van der Waals surface area (Å²) in [5.74, 6) is 0.662. The van der Waals surface area contributed by atoms with Gasteiger partial charge in [0.2, 0.25) is 0 Å². The Morgan fingerprint density at radius 2 is 1.80 bits per heavy atom. The highest BCUT2D eigenvalue weighted by atomic mass is 15.1.